The van der Waals surface area contributed by atoms with Gasteiger partial charge in [0.05, 0.1) is 12.5 Å². The Morgan fingerprint density at radius 2 is 1.59 bits per heavy atom. The second kappa shape index (κ2) is 10.7. The van der Waals surface area contributed by atoms with E-state index in [1.807, 2.05) is 36.4 Å². The van der Waals surface area contributed by atoms with Gasteiger partial charge in [0.2, 0.25) is 5.91 Å². The fourth-order valence-corrected chi connectivity index (χ4v) is 4.27. The Bertz CT molecular complexity index is 1010. The highest BCUT2D eigenvalue weighted by Gasteiger charge is 2.40. The zero-order valence-electron chi connectivity index (χ0n) is 20.0. The van der Waals surface area contributed by atoms with Crippen LogP contribution in [0.25, 0.3) is 11.1 Å². The molecule has 0 fully saturated rings. The van der Waals surface area contributed by atoms with E-state index in [0.29, 0.717) is 0 Å². The molecule has 182 valence electrons. The first kappa shape index (κ1) is 25.2. The summed E-state index contributed by atoms with van der Waals surface area (Å²) in [6, 6.07) is 15.5. The monoisotopic (exact) mass is 468 g/mol. The summed E-state index contributed by atoms with van der Waals surface area (Å²) in [6.07, 6.45) is -0.478. The van der Waals surface area contributed by atoms with Crippen molar-refractivity contribution in [1.82, 2.24) is 10.6 Å². The number of ether oxygens (including phenoxy) is 2. The molecule has 8 nitrogen and oxygen atoms in total. The zero-order valence-corrected chi connectivity index (χ0v) is 20.0. The number of methoxy groups -OCH3 is 1. The molecule has 2 amide bonds. The third-order valence-corrected chi connectivity index (χ3v) is 6.62. The maximum Gasteiger partial charge on any atom is 0.407 e. The van der Waals surface area contributed by atoms with E-state index in [2.05, 4.69) is 22.8 Å². The number of carbonyl (C=O) groups excluding carboxylic acids is 2. The van der Waals surface area contributed by atoms with E-state index in [1.165, 1.54) is 7.11 Å². The van der Waals surface area contributed by atoms with Gasteiger partial charge >= 0.3 is 12.1 Å². The number of alkyl carbamates (subject to hydrolysis) is 1. The molecule has 0 spiro atoms. The van der Waals surface area contributed by atoms with Gasteiger partial charge in [-0.2, -0.15) is 0 Å². The van der Waals surface area contributed by atoms with Crippen LogP contribution in [-0.2, 0) is 19.1 Å². The molecule has 0 aromatic heterocycles. The molecule has 34 heavy (non-hydrogen) atoms. The van der Waals surface area contributed by atoms with Crippen molar-refractivity contribution in [3.63, 3.8) is 0 Å². The first-order chi connectivity index (χ1) is 16.2. The highest BCUT2D eigenvalue weighted by atomic mass is 16.5. The molecular formula is C26H32N2O6. The van der Waals surface area contributed by atoms with Gasteiger partial charge in [-0.1, -0.05) is 62.4 Å². The van der Waals surface area contributed by atoms with Crippen molar-refractivity contribution in [2.24, 2.45) is 5.92 Å². The summed E-state index contributed by atoms with van der Waals surface area (Å²) in [5.41, 5.74) is 2.98. The molecule has 8 heteroatoms. The van der Waals surface area contributed by atoms with Crippen molar-refractivity contribution in [3.8, 4) is 11.1 Å². The van der Waals surface area contributed by atoms with Crippen molar-refractivity contribution < 1.29 is 29.0 Å². The van der Waals surface area contributed by atoms with Crippen molar-refractivity contribution in [3.05, 3.63) is 59.7 Å². The van der Waals surface area contributed by atoms with Crippen LogP contribution in [0, 0.1) is 5.92 Å². The Hall–Kier alpha value is -3.39. The normalized spacial score (nSPS) is 15.9. The Balaban J connectivity index is 1.60. The predicted octanol–water partition coefficient (Wildman–Crippen LogP) is 3.55. The quantitative estimate of drug-likeness (QED) is 0.491. The highest BCUT2D eigenvalue weighted by molar-refractivity contribution is 5.88. The summed E-state index contributed by atoms with van der Waals surface area (Å²) in [4.78, 5) is 37.0. The van der Waals surface area contributed by atoms with Crippen LogP contribution in [0.1, 0.15) is 44.2 Å². The van der Waals surface area contributed by atoms with Crippen LogP contribution in [0.3, 0.4) is 0 Å². The summed E-state index contributed by atoms with van der Waals surface area (Å²) < 4.78 is 10.6. The first-order valence-corrected chi connectivity index (χ1v) is 11.4. The number of carbonyl (C=O) groups is 3. The van der Waals surface area contributed by atoms with Crippen LogP contribution in [-0.4, -0.2) is 55.0 Å². The van der Waals surface area contributed by atoms with E-state index in [-0.39, 0.29) is 25.6 Å². The fraction of sp³-hybridized carbons (Fsp3) is 0.423. The third-order valence-electron chi connectivity index (χ3n) is 6.62. The SMILES string of the molecule is CCC(COC)(NC(=O)C(C)C(C)NC(=O)OCC1c2ccccc2-c2ccccc21)C(=O)O. The van der Waals surface area contributed by atoms with Gasteiger partial charge in [0.15, 0.2) is 5.54 Å². The van der Waals surface area contributed by atoms with Gasteiger partial charge in [0.25, 0.3) is 0 Å². The summed E-state index contributed by atoms with van der Waals surface area (Å²) >= 11 is 0. The number of benzene rings is 2. The van der Waals surface area contributed by atoms with E-state index in [9.17, 15) is 19.5 Å². The van der Waals surface area contributed by atoms with Gasteiger partial charge < -0.3 is 25.2 Å². The van der Waals surface area contributed by atoms with Gasteiger partial charge in [-0.15, -0.1) is 0 Å². The molecule has 0 aliphatic heterocycles. The molecule has 0 radical (unpaired) electrons. The molecule has 3 N–H and O–H groups in total. The minimum absolute atomic E-state index is 0.0658. The summed E-state index contributed by atoms with van der Waals surface area (Å²) in [5, 5.41) is 14.9. The van der Waals surface area contributed by atoms with Gasteiger partial charge in [-0.25, -0.2) is 9.59 Å². The van der Waals surface area contributed by atoms with E-state index in [4.69, 9.17) is 9.47 Å². The maximum absolute atomic E-state index is 12.7. The number of nitrogens with one attached hydrogen (secondary N) is 2. The van der Waals surface area contributed by atoms with E-state index < -0.39 is 35.5 Å². The average Bonchev–Trinajstić information content (AvgIpc) is 3.15. The van der Waals surface area contributed by atoms with Crippen LogP contribution in [0.5, 0.6) is 0 Å². The van der Waals surface area contributed by atoms with E-state index in [0.717, 1.165) is 22.3 Å². The molecule has 2 aromatic rings. The molecule has 0 saturated heterocycles. The molecule has 0 bridgehead atoms. The van der Waals surface area contributed by atoms with Crippen LogP contribution < -0.4 is 10.6 Å². The lowest BCUT2D eigenvalue weighted by Crippen LogP contribution is -2.59. The molecule has 2 aromatic carbocycles. The molecule has 0 saturated carbocycles. The minimum Gasteiger partial charge on any atom is -0.479 e. The van der Waals surface area contributed by atoms with Crippen LogP contribution >= 0.6 is 0 Å². The Kier molecular flexibility index (Phi) is 7.94. The van der Waals surface area contributed by atoms with Gasteiger partial charge in [0.1, 0.15) is 6.61 Å². The number of hydrogen-bond acceptors (Lipinski definition) is 5. The number of carboxylic acid groups (broad SMARTS) is 1. The van der Waals surface area contributed by atoms with Crippen molar-refractivity contribution in [1.29, 1.82) is 0 Å². The summed E-state index contributed by atoms with van der Waals surface area (Å²) in [5.74, 6) is -2.42. The molecule has 3 atom stereocenters. The minimum atomic E-state index is -1.52. The number of hydrogen-bond donors (Lipinski definition) is 3. The number of fused-ring (bicyclic) bond motifs is 3. The fourth-order valence-electron chi connectivity index (χ4n) is 4.27. The molecule has 1 aliphatic carbocycles. The molecule has 3 unspecified atom stereocenters. The Labute approximate surface area is 199 Å². The lowest BCUT2D eigenvalue weighted by atomic mass is 9.94. The second-order valence-corrected chi connectivity index (χ2v) is 8.71. The molecule has 0 heterocycles. The first-order valence-electron chi connectivity index (χ1n) is 11.4. The van der Waals surface area contributed by atoms with E-state index in [1.54, 1.807) is 20.8 Å². The highest BCUT2D eigenvalue weighted by Crippen LogP contribution is 2.44. The van der Waals surface area contributed by atoms with Crippen molar-refractivity contribution in [2.75, 3.05) is 20.3 Å². The number of carboxylic acids is 1. The van der Waals surface area contributed by atoms with Crippen LogP contribution in [0.15, 0.2) is 48.5 Å². The zero-order chi connectivity index (χ0) is 24.9. The van der Waals surface area contributed by atoms with Gasteiger partial charge in [0, 0.05) is 19.1 Å². The van der Waals surface area contributed by atoms with Gasteiger partial charge in [-0.3, -0.25) is 4.79 Å². The van der Waals surface area contributed by atoms with Gasteiger partial charge in [-0.05, 0) is 35.6 Å². The largest absolute Gasteiger partial charge is 0.479 e. The third kappa shape index (κ3) is 5.07. The van der Waals surface area contributed by atoms with Crippen LogP contribution in [0.4, 0.5) is 4.79 Å². The van der Waals surface area contributed by atoms with E-state index >= 15 is 0 Å². The van der Waals surface area contributed by atoms with Crippen molar-refractivity contribution >= 4 is 18.0 Å². The number of aliphatic carboxylic acids is 1. The predicted molar refractivity (Wildman–Crippen MR) is 128 cm³/mol. The van der Waals surface area contributed by atoms with Crippen LogP contribution in [0.2, 0.25) is 0 Å². The summed E-state index contributed by atoms with van der Waals surface area (Å²) in [6.45, 7) is 4.97. The summed E-state index contributed by atoms with van der Waals surface area (Å²) in [7, 11) is 1.38. The number of rotatable bonds is 10. The maximum atomic E-state index is 12.7. The lowest BCUT2D eigenvalue weighted by molar-refractivity contribution is -0.151. The molecule has 3 rings (SSSR count). The smallest absolute Gasteiger partial charge is 0.407 e. The average molecular weight is 469 g/mol. The second-order valence-electron chi connectivity index (χ2n) is 8.71. The number of amides is 2. The Morgan fingerprint density at radius 3 is 2.09 bits per heavy atom. The molecular weight excluding hydrogens is 436 g/mol. The topological polar surface area (TPSA) is 114 Å². The van der Waals surface area contributed by atoms with Crippen molar-refractivity contribution in [2.45, 2.75) is 44.7 Å². The lowest BCUT2D eigenvalue weighted by Gasteiger charge is -2.31. The Morgan fingerprint density at radius 1 is 1.03 bits per heavy atom. The molecule has 1 aliphatic rings. The standard InChI is InChI=1S/C26H32N2O6/c1-5-26(15-33-4,24(30)31)28-23(29)16(2)17(3)27-25(32)34-14-22-20-12-8-6-10-18(20)19-11-7-9-13-21(19)22/h6-13,16-17,22H,5,14-15H2,1-4H3,(H,27,32)(H,28,29)(H,30,31).